The van der Waals surface area contributed by atoms with Crippen LogP contribution in [0, 0.1) is 123 Å². The Balaban J connectivity index is 0.000000615. The van der Waals surface area contributed by atoms with Gasteiger partial charge in [-0.05, 0) is 350 Å². The van der Waals surface area contributed by atoms with E-state index in [4.69, 9.17) is 56.3 Å². The third-order valence-corrected chi connectivity index (χ3v) is 25.5. The Morgan fingerprint density at radius 2 is 0.449 bits per heavy atom. The molecule has 762 valence electrons. The Morgan fingerprint density at radius 1 is 0.279 bits per heavy atom. The second kappa shape index (κ2) is 65.2. The van der Waals surface area contributed by atoms with Crippen molar-refractivity contribution >= 4 is 236 Å². The fourth-order valence-corrected chi connectivity index (χ4v) is 16.2. The first-order valence-electron chi connectivity index (χ1n) is 43.3. The van der Waals surface area contributed by atoms with Crippen molar-refractivity contribution in [3.8, 4) is 0 Å². The summed E-state index contributed by atoms with van der Waals surface area (Å²) >= 11 is 20.0. The number of aliphatic hydroxyl groups is 2. The number of nitrogens with two attached hydrogens (primary N) is 4. The van der Waals surface area contributed by atoms with Crippen LogP contribution in [-0.4, -0.2) is 125 Å². The number of anilines is 8. The van der Waals surface area contributed by atoms with Crippen molar-refractivity contribution < 1.29 is 63.7 Å². The SMILES string of the molecule is C.C.C.CCO.CCO.Cc1cc(N)ccc1Sc1ccc(N)cc1C.Cc1cc(NC(=O)c2ccc(N)cc2)ccc1Sc1ccc(NC(=O)c2ccc(N)cc2)cc1C.Cc1cc(NC(=O)c2ccc([N+](=O)[O-])cc2)ccc1Sc1ccc(NC(=O)c2ccc([N+](=O)[O-])cc2)cc1C.Cc1cc([N+](=O)[O-])ccc1Cl.Cc1cc([N+](=O)[O-])ccc1Sc1ccc([N+](=O)[O-])cc1C.O=C(Cl)c1ccc([N+](=O)[O-])cc1.S.[Na][Na]. The van der Waals surface area contributed by atoms with Crippen molar-refractivity contribution in [2.45, 2.75) is 138 Å². The molecule has 14 N–H and O–H groups in total. The first-order valence-corrected chi connectivity index (χ1v) is 55.3. The summed E-state index contributed by atoms with van der Waals surface area (Å²) in [5.41, 5.74) is 39.0. The zero-order valence-corrected chi connectivity index (χ0v) is 90.0. The molecule has 0 saturated heterocycles. The minimum absolute atomic E-state index is 0. The number of hydrogen-bond donors (Lipinski definition) is 10. The first kappa shape index (κ1) is 130. The third kappa shape index (κ3) is 42.8. The van der Waals surface area contributed by atoms with Gasteiger partial charge in [0.05, 0.1) is 29.5 Å². The van der Waals surface area contributed by atoms with E-state index in [0.29, 0.717) is 50.0 Å². The van der Waals surface area contributed by atoms with Crippen LogP contribution in [0.1, 0.15) is 138 Å². The molecule has 0 fully saturated rings. The molecule has 14 aromatic rings. The number of non-ortho nitro benzene ring substituents is 6. The van der Waals surface area contributed by atoms with E-state index < -0.39 is 34.8 Å². The quantitative estimate of drug-likeness (QED) is 0.00934. The molecule has 33 nitrogen and oxygen atoms in total. The van der Waals surface area contributed by atoms with Crippen molar-refractivity contribution in [2.75, 3.05) is 57.4 Å². The molecule has 0 heterocycles. The molecule has 42 heteroatoms. The molecule has 0 atom stereocenters. The second-order valence-electron chi connectivity index (χ2n) is 30.4. The maximum absolute atomic E-state index is 12.5. The number of rotatable bonds is 23. The number of carbonyl (C=O) groups is 5. The Labute approximate surface area is 914 Å². The summed E-state index contributed by atoms with van der Waals surface area (Å²) in [6, 6.07) is 77.9. The number of amides is 4. The fraction of sp³-hybridized carbons (Fsp3) is 0.152. The van der Waals surface area contributed by atoms with Crippen LogP contribution >= 0.6 is 83.7 Å². The van der Waals surface area contributed by atoms with Crippen LogP contribution < -0.4 is 44.2 Å². The minimum atomic E-state index is -0.620. The van der Waals surface area contributed by atoms with Crippen LogP contribution in [0.4, 0.5) is 79.6 Å². The summed E-state index contributed by atoms with van der Waals surface area (Å²) < 4.78 is 0. The summed E-state index contributed by atoms with van der Waals surface area (Å²) in [6.45, 7) is 21.2. The van der Waals surface area contributed by atoms with E-state index in [2.05, 4.69) is 47.2 Å². The molecule has 0 saturated carbocycles. The van der Waals surface area contributed by atoms with E-state index in [0.717, 1.165) is 91.1 Å². The van der Waals surface area contributed by atoms with Gasteiger partial charge in [-0.1, -0.05) is 80.9 Å². The van der Waals surface area contributed by atoms with Crippen LogP contribution in [0.3, 0.4) is 0 Å². The molecule has 14 aromatic carbocycles. The van der Waals surface area contributed by atoms with Crippen molar-refractivity contribution in [3.05, 3.63) is 429 Å². The average molecular weight is 2150 g/mol. The van der Waals surface area contributed by atoms with Crippen molar-refractivity contribution in [2.24, 2.45) is 0 Å². The van der Waals surface area contributed by atoms with Gasteiger partial charge in [0.25, 0.3) is 63.0 Å². The molecule has 0 aliphatic heterocycles. The van der Waals surface area contributed by atoms with Crippen molar-refractivity contribution in [3.63, 3.8) is 0 Å². The second-order valence-corrected chi connectivity index (χ2v) is 35.4. The van der Waals surface area contributed by atoms with E-state index >= 15 is 0 Å². The van der Waals surface area contributed by atoms with Gasteiger partial charge in [0, 0.05) is 204 Å². The van der Waals surface area contributed by atoms with Gasteiger partial charge in [-0.25, -0.2) is 0 Å². The van der Waals surface area contributed by atoms with Crippen LogP contribution in [-0.2, 0) is 0 Å². The first-order chi connectivity index (χ1) is 67.9. The number of nitro benzene ring substituents is 6. The molecule has 0 aromatic heterocycles. The molecule has 0 unspecified atom stereocenters. The van der Waals surface area contributed by atoms with E-state index in [9.17, 15) is 84.7 Å². The molecule has 147 heavy (non-hydrogen) atoms. The number of hydrogen-bond acceptors (Lipinski definition) is 27. The van der Waals surface area contributed by atoms with Gasteiger partial charge in [-0.15, -0.1) is 0 Å². The van der Waals surface area contributed by atoms with Crippen LogP contribution in [0.2, 0.25) is 5.02 Å². The topological polar surface area (TPSA) is 537 Å². The summed E-state index contributed by atoms with van der Waals surface area (Å²) in [5.74, 6) is -1.10. The summed E-state index contributed by atoms with van der Waals surface area (Å²) in [4.78, 5) is 129. The number of nitrogen functional groups attached to an aromatic ring is 4. The molecule has 0 aliphatic rings. The number of nitrogens with zero attached hydrogens (tertiary/aromatic N) is 6. The third-order valence-electron chi connectivity index (χ3n) is 19.4. The maximum atomic E-state index is 12.5. The summed E-state index contributed by atoms with van der Waals surface area (Å²) in [5, 5.41) is 90.0. The standard InChI is InChI=1S/C28H22N4O6S.C28H26N4O2S.C14H12N2O4S.C14H16N2S.C7H4ClNO3.C7H6ClNO2.2C2H6O.3CH4.2Na.H2S/c1-17-15-21(29-27(33)19-3-9-23(10-4-19)31(35)36)7-13-25(17)39-26-14-8-22(16-18(26)2)30-28(34)20-5-11-24(12-6-20)32(37)38;1-17-15-23(31-27(33)19-3-7-21(29)8-4-19)11-13-25(17)35-26-14-12-24(16-18(26)2)32-28(34)20-5-9-22(30)10-6-20;1-9-7-11(15(17)18)3-5-13(9)21-14-6-4-12(16(19)20)8-10(14)2;1-9-7-11(15)3-5-13(9)17-14-6-4-12(16)8-10(14)2;8-7(10)5-1-3-6(4-2-5)9(11)12;1-5-4-6(9(10)11)2-3-7(5)8;2*1-2-3;;;;;;/h3-16H,1-2H3,(H,29,33)(H,30,34);3-16H,29-30H2,1-2H3,(H,31,33)(H,32,34);3-8H,1-2H3;3-8H,15-16H2,1-2H3;1-4H;2-4H,1H3;2*3H,2H2,1H3;3*1H4;;;1H2. The fourth-order valence-electron chi connectivity index (χ4n) is 12.1. The molecule has 0 radical (unpaired) electrons. The van der Waals surface area contributed by atoms with Gasteiger partial charge >= 0.3 is 43.6 Å². The Hall–Kier alpha value is -13.5. The molecule has 0 bridgehead atoms. The van der Waals surface area contributed by atoms with Gasteiger partial charge in [-0.3, -0.25) is 84.7 Å². The van der Waals surface area contributed by atoms with Crippen LogP contribution in [0.25, 0.3) is 0 Å². The predicted octanol–water partition coefficient (Wildman–Crippen LogP) is 26.6. The van der Waals surface area contributed by atoms with Gasteiger partial charge in [0.15, 0.2) is 0 Å². The van der Waals surface area contributed by atoms with Gasteiger partial charge < -0.3 is 54.4 Å². The van der Waals surface area contributed by atoms with E-state index in [1.54, 1.807) is 143 Å². The van der Waals surface area contributed by atoms with Gasteiger partial charge in [0.2, 0.25) is 0 Å². The van der Waals surface area contributed by atoms with E-state index in [-0.39, 0.29) is 112 Å². The normalized spacial score (nSPS) is 9.79. The van der Waals surface area contributed by atoms with Gasteiger partial charge in [0.1, 0.15) is 0 Å². The Kier molecular flexibility index (Phi) is 57.4. The van der Waals surface area contributed by atoms with E-state index in [1.807, 2.05) is 113 Å². The number of aryl methyl sites for hydroxylation is 9. The number of carbonyl (C=O) groups excluding carboxylic acids is 5. The zero-order valence-electron chi connectivity index (χ0n) is 80.3. The summed E-state index contributed by atoms with van der Waals surface area (Å²) in [6.07, 6.45) is 0. The zero-order chi connectivity index (χ0) is 106. The number of benzene rings is 14. The van der Waals surface area contributed by atoms with Crippen molar-refractivity contribution in [1.29, 1.82) is 0 Å². The molecule has 0 spiro atoms. The number of nitrogens with one attached hydrogen (secondary N) is 4. The molecule has 0 aliphatic carbocycles. The number of aliphatic hydroxyl groups excluding tert-OH is 2. The van der Waals surface area contributed by atoms with E-state index in [1.165, 1.54) is 192 Å². The Morgan fingerprint density at radius 3 is 0.646 bits per heavy atom. The van der Waals surface area contributed by atoms with Gasteiger partial charge in [-0.2, -0.15) is 13.5 Å². The number of nitro groups is 6. The molecule has 4 amide bonds. The Bertz CT molecular complexity index is 6530. The van der Waals surface area contributed by atoms with Crippen LogP contribution in [0.15, 0.2) is 324 Å². The molecular weight excluding hydrogens is 2040 g/mol. The number of halogens is 2. The van der Waals surface area contributed by atoms with Crippen molar-refractivity contribution in [1.82, 2.24) is 0 Å². The average Bonchev–Trinajstić information content (AvgIpc) is 0.832. The predicted molar refractivity (Wildman–Crippen MR) is 601 cm³/mol. The molecule has 14 rings (SSSR count). The monoisotopic (exact) mass is 2150 g/mol. The van der Waals surface area contributed by atoms with Crippen LogP contribution in [0.5, 0.6) is 0 Å². The summed E-state index contributed by atoms with van der Waals surface area (Å²) in [7, 11) is 0. The molecular formula is C105H112Cl2N14Na2O19S5.